The Hall–Kier alpha value is -0.120. The molecule has 76 valence electrons. The second kappa shape index (κ2) is 3.95. The molecule has 1 heterocycles. The number of rotatable bonds is 5. The van der Waals surface area contributed by atoms with Crippen LogP contribution in [-0.4, -0.2) is 39.5 Å². The summed E-state index contributed by atoms with van der Waals surface area (Å²) in [6, 6.07) is 0. The van der Waals surface area contributed by atoms with Gasteiger partial charge in [0.15, 0.2) is 0 Å². The third-order valence-corrected chi connectivity index (χ3v) is 3.23. The summed E-state index contributed by atoms with van der Waals surface area (Å²) in [7, 11) is 1.78. The highest BCUT2D eigenvalue weighted by molar-refractivity contribution is 4.88. The number of ether oxygens (including phenoxy) is 2. The summed E-state index contributed by atoms with van der Waals surface area (Å²) < 4.78 is 11.0. The first-order chi connectivity index (χ1) is 6.35. The van der Waals surface area contributed by atoms with Crippen molar-refractivity contribution < 1.29 is 9.47 Å². The van der Waals surface area contributed by atoms with Crippen LogP contribution in [0.5, 0.6) is 0 Å². The maximum absolute atomic E-state index is 5.80. The normalized spacial score (nSPS) is 26.5. The van der Waals surface area contributed by atoms with E-state index in [1.807, 2.05) is 0 Å². The molecular formula is C10H19NO2. The molecule has 0 unspecified atom stereocenters. The Balaban J connectivity index is 1.70. The van der Waals surface area contributed by atoms with Gasteiger partial charge in [-0.1, -0.05) is 6.42 Å². The quantitative estimate of drug-likeness (QED) is 0.687. The van der Waals surface area contributed by atoms with Crippen molar-refractivity contribution in [1.82, 2.24) is 5.32 Å². The lowest BCUT2D eigenvalue weighted by Gasteiger charge is -2.42. The lowest BCUT2D eigenvalue weighted by Crippen LogP contribution is -2.51. The first-order valence-electron chi connectivity index (χ1n) is 5.16. The highest BCUT2D eigenvalue weighted by atomic mass is 16.5. The minimum Gasteiger partial charge on any atom is -0.384 e. The lowest BCUT2D eigenvalue weighted by atomic mass is 9.70. The van der Waals surface area contributed by atoms with Crippen LogP contribution in [0.25, 0.3) is 0 Å². The van der Waals surface area contributed by atoms with Gasteiger partial charge in [-0.05, 0) is 12.8 Å². The number of nitrogens with one attached hydrogen (secondary N) is 1. The first kappa shape index (κ1) is 9.44. The highest BCUT2D eigenvalue weighted by Crippen LogP contribution is 2.41. The average Bonchev–Trinajstić information content (AvgIpc) is 1.96. The molecule has 2 aliphatic rings. The molecule has 1 aliphatic carbocycles. The fourth-order valence-electron chi connectivity index (χ4n) is 1.99. The van der Waals surface area contributed by atoms with E-state index in [9.17, 15) is 0 Å². The molecule has 3 nitrogen and oxygen atoms in total. The van der Waals surface area contributed by atoms with Crippen molar-refractivity contribution in [3.8, 4) is 0 Å². The van der Waals surface area contributed by atoms with Crippen LogP contribution in [0.4, 0.5) is 0 Å². The van der Waals surface area contributed by atoms with Gasteiger partial charge >= 0.3 is 0 Å². The number of methoxy groups -OCH3 is 1. The van der Waals surface area contributed by atoms with Gasteiger partial charge < -0.3 is 14.8 Å². The van der Waals surface area contributed by atoms with Crippen molar-refractivity contribution in [3.05, 3.63) is 0 Å². The molecule has 0 aromatic heterocycles. The Morgan fingerprint density at radius 1 is 1.31 bits per heavy atom. The summed E-state index contributed by atoms with van der Waals surface area (Å²) in [6.45, 7) is 3.83. The van der Waals surface area contributed by atoms with Gasteiger partial charge in [-0.3, -0.25) is 0 Å². The highest BCUT2D eigenvalue weighted by Gasteiger charge is 2.38. The van der Waals surface area contributed by atoms with Crippen molar-refractivity contribution in [3.63, 3.8) is 0 Å². The molecule has 13 heavy (non-hydrogen) atoms. The summed E-state index contributed by atoms with van der Waals surface area (Å²) in [4.78, 5) is 0. The van der Waals surface area contributed by atoms with Crippen molar-refractivity contribution in [2.24, 2.45) is 5.41 Å². The Kier molecular flexibility index (Phi) is 2.86. The molecule has 0 amide bonds. The third kappa shape index (κ3) is 2.03. The summed E-state index contributed by atoms with van der Waals surface area (Å²) >= 11 is 0. The maximum atomic E-state index is 5.80. The number of hydrogen-bond donors (Lipinski definition) is 1. The van der Waals surface area contributed by atoms with Crippen molar-refractivity contribution in [2.45, 2.75) is 25.4 Å². The van der Waals surface area contributed by atoms with Crippen LogP contribution in [0.15, 0.2) is 0 Å². The van der Waals surface area contributed by atoms with Crippen molar-refractivity contribution >= 4 is 0 Å². The van der Waals surface area contributed by atoms with Gasteiger partial charge in [-0.2, -0.15) is 0 Å². The fourth-order valence-corrected chi connectivity index (χ4v) is 1.99. The van der Waals surface area contributed by atoms with Crippen molar-refractivity contribution in [1.29, 1.82) is 0 Å². The molecule has 0 spiro atoms. The topological polar surface area (TPSA) is 30.5 Å². The van der Waals surface area contributed by atoms with Crippen LogP contribution in [0.1, 0.15) is 19.3 Å². The van der Waals surface area contributed by atoms with Crippen LogP contribution >= 0.6 is 0 Å². The molecule has 1 saturated carbocycles. The molecule has 3 heteroatoms. The van der Waals surface area contributed by atoms with E-state index in [4.69, 9.17) is 9.47 Å². The van der Waals surface area contributed by atoms with Crippen molar-refractivity contribution in [2.75, 3.05) is 33.4 Å². The Morgan fingerprint density at radius 3 is 2.46 bits per heavy atom. The summed E-state index contributed by atoms with van der Waals surface area (Å²) in [6.07, 6.45) is 4.37. The SMILES string of the molecule is COCC1(COC2CNC2)CCC1. The van der Waals surface area contributed by atoms with Crippen LogP contribution in [-0.2, 0) is 9.47 Å². The second-order valence-corrected chi connectivity index (χ2v) is 4.38. The first-order valence-corrected chi connectivity index (χ1v) is 5.16. The van der Waals surface area contributed by atoms with E-state index in [1.165, 1.54) is 19.3 Å². The molecule has 1 saturated heterocycles. The maximum Gasteiger partial charge on any atom is 0.0823 e. The molecule has 0 atom stereocenters. The zero-order chi connectivity index (χ0) is 9.15. The van der Waals surface area contributed by atoms with E-state index in [-0.39, 0.29) is 0 Å². The monoisotopic (exact) mass is 185 g/mol. The predicted octanol–water partition coefficient (Wildman–Crippen LogP) is 0.791. The lowest BCUT2D eigenvalue weighted by molar-refractivity contribution is -0.0893. The van der Waals surface area contributed by atoms with Gasteiger partial charge in [0.1, 0.15) is 0 Å². The Morgan fingerprint density at radius 2 is 2.08 bits per heavy atom. The second-order valence-electron chi connectivity index (χ2n) is 4.38. The molecule has 2 fully saturated rings. The summed E-state index contributed by atoms with van der Waals surface area (Å²) in [5, 5.41) is 3.21. The number of hydrogen-bond acceptors (Lipinski definition) is 3. The summed E-state index contributed by atoms with van der Waals surface area (Å²) in [5.41, 5.74) is 0.365. The largest absolute Gasteiger partial charge is 0.384 e. The van der Waals surface area contributed by atoms with Gasteiger partial charge in [-0.25, -0.2) is 0 Å². The minimum atomic E-state index is 0.365. The van der Waals surface area contributed by atoms with Gasteiger partial charge in [0, 0.05) is 25.6 Å². The van der Waals surface area contributed by atoms with E-state index < -0.39 is 0 Å². The third-order valence-electron chi connectivity index (χ3n) is 3.23. The molecule has 2 rings (SSSR count). The summed E-state index contributed by atoms with van der Waals surface area (Å²) in [5.74, 6) is 0. The van der Waals surface area contributed by atoms with E-state index in [0.29, 0.717) is 11.5 Å². The molecule has 1 N–H and O–H groups in total. The average molecular weight is 185 g/mol. The van der Waals surface area contributed by atoms with E-state index >= 15 is 0 Å². The fraction of sp³-hybridized carbons (Fsp3) is 1.00. The van der Waals surface area contributed by atoms with Gasteiger partial charge in [-0.15, -0.1) is 0 Å². The molecule has 1 aliphatic heterocycles. The van der Waals surface area contributed by atoms with Gasteiger partial charge in [0.25, 0.3) is 0 Å². The molecule has 0 aromatic carbocycles. The standard InChI is InChI=1S/C10H19NO2/c1-12-7-10(3-2-4-10)8-13-9-5-11-6-9/h9,11H,2-8H2,1H3. The van der Waals surface area contributed by atoms with Gasteiger partial charge in [0.05, 0.1) is 19.3 Å². The van der Waals surface area contributed by atoms with E-state index in [1.54, 1.807) is 7.11 Å². The molecule has 0 bridgehead atoms. The Bertz CT molecular complexity index is 164. The smallest absolute Gasteiger partial charge is 0.0823 e. The predicted molar refractivity (Wildman–Crippen MR) is 50.8 cm³/mol. The van der Waals surface area contributed by atoms with Gasteiger partial charge in [0.2, 0.25) is 0 Å². The zero-order valence-corrected chi connectivity index (χ0v) is 8.34. The van der Waals surface area contributed by atoms with E-state index in [2.05, 4.69) is 5.32 Å². The van der Waals surface area contributed by atoms with Crippen LogP contribution in [0, 0.1) is 5.41 Å². The van der Waals surface area contributed by atoms with Crippen LogP contribution < -0.4 is 5.32 Å². The zero-order valence-electron chi connectivity index (χ0n) is 8.34. The van der Waals surface area contributed by atoms with Crippen LogP contribution in [0.3, 0.4) is 0 Å². The molecule has 0 aromatic rings. The van der Waals surface area contributed by atoms with Crippen LogP contribution in [0.2, 0.25) is 0 Å². The molecule has 0 radical (unpaired) electrons. The minimum absolute atomic E-state index is 0.365. The Labute approximate surface area is 79.8 Å². The van der Waals surface area contributed by atoms with E-state index in [0.717, 1.165) is 26.3 Å². The molecular weight excluding hydrogens is 166 g/mol.